The molecule has 0 aromatic heterocycles. The minimum Gasteiger partial charge on any atom is -0.410 e. The molecule has 1 aliphatic rings. The predicted octanol–water partition coefficient (Wildman–Crippen LogP) is 4.04. The van der Waals surface area contributed by atoms with Gasteiger partial charge in [-0.05, 0) is 43.2 Å². The van der Waals surface area contributed by atoms with Crippen LogP contribution in [0.5, 0.6) is 5.75 Å². The van der Waals surface area contributed by atoms with E-state index in [1.807, 2.05) is 6.07 Å². The number of benzene rings is 2. The number of nitrogens with one attached hydrogen (secondary N) is 1. The van der Waals surface area contributed by atoms with Crippen molar-refractivity contribution in [3.8, 4) is 5.75 Å². The van der Waals surface area contributed by atoms with Crippen molar-refractivity contribution in [1.82, 2.24) is 0 Å². The number of carbonyl (C=O) groups excluding carboxylic acids is 1. The van der Waals surface area contributed by atoms with Crippen molar-refractivity contribution < 1.29 is 13.9 Å². The minimum absolute atomic E-state index is 0.130. The average molecular weight is 300 g/mol. The number of hydrogen-bond acceptors (Lipinski definition) is 3. The normalized spacial score (nSPS) is 14.0. The maximum absolute atomic E-state index is 13.9. The molecule has 3 rings (SSSR count). The summed E-state index contributed by atoms with van der Waals surface area (Å²) >= 11 is 0. The third-order valence-electron chi connectivity index (χ3n) is 3.61. The highest BCUT2D eigenvalue weighted by molar-refractivity contribution is 5.87. The summed E-state index contributed by atoms with van der Waals surface area (Å²) in [4.78, 5) is 14.0. The Labute approximate surface area is 128 Å². The predicted molar refractivity (Wildman–Crippen MR) is 83.9 cm³/mol. The molecule has 0 saturated carbocycles. The summed E-state index contributed by atoms with van der Waals surface area (Å²) in [5.41, 5.74) is 1.04. The summed E-state index contributed by atoms with van der Waals surface area (Å²) < 4.78 is 19.0. The van der Waals surface area contributed by atoms with Gasteiger partial charge in [-0.2, -0.15) is 0 Å². The average Bonchev–Trinajstić information content (AvgIpc) is 3.05. The summed E-state index contributed by atoms with van der Waals surface area (Å²) in [5.74, 6) is -0.0657. The number of rotatable bonds is 3. The molecule has 1 saturated heterocycles. The zero-order valence-electron chi connectivity index (χ0n) is 12.1. The maximum atomic E-state index is 13.9. The van der Waals surface area contributed by atoms with Crippen molar-refractivity contribution in [2.45, 2.75) is 12.8 Å². The fourth-order valence-electron chi connectivity index (χ4n) is 2.51. The van der Waals surface area contributed by atoms with E-state index in [4.69, 9.17) is 4.74 Å². The van der Waals surface area contributed by atoms with Crippen molar-refractivity contribution >= 4 is 17.5 Å². The van der Waals surface area contributed by atoms with E-state index in [1.165, 1.54) is 6.07 Å². The van der Waals surface area contributed by atoms with Crippen LogP contribution in [0.25, 0.3) is 0 Å². The van der Waals surface area contributed by atoms with Crippen molar-refractivity contribution in [3.63, 3.8) is 0 Å². The van der Waals surface area contributed by atoms with E-state index in [1.54, 1.807) is 36.4 Å². The lowest BCUT2D eigenvalue weighted by Crippen LogP contribution is -2.20. The van der Waals surface area contributed by atoms with E-state index < -0.39 is 11.9 Å². The van der Waals surface area contributed by atoms with Crippen LogP contribution >= 0.6 is 0 Å². The van der Waals surface area contributed by atoms with Gasteiger partial charge in [-0.3, -0.25) is 5.32 Å². The van der Waals surface area contributed by atoms with E-state index in [-0.39, 0.29) is 5.69 Å². The molecule has 2 aromatic carbocycles. The molecule has 0 unspecified atom stereocenters. The Morgan fingerprint density at radius 3 is 2.55 bits per heavy atom. The molecule has 22 heavy (non-hydrogen) atoms. The fourth-order valence-corrected chi connectivity index (χ4v) is 2.51. The van der Waals surface area contributed by atoms with Crippen LogP contribution in [0.15, 0.2) is 48.5 Å². The fraction of sp³-hybridized carbons (Fsp3) is 0.235. The number of halogens is 1. The van der Waals surface area contributed by atoms with Crippen LogP contribution in [-0.4, -0.2) is 19.2 Å². The van der Waals surface area contributed by atoms with E-state index in [2.05, 4.69) is 10.2 Å². The number of ether oxygens (including phenoxy) is 1. The first-order chi connectivity index (χ1) is 10.7. The lowest BCUT2D eigenvalue weighted by Gasteiger charge is -2.18. The summed E-state index contributed by atoms with van der Waals surface area (Å²) in [5, 5.41) is 2.46. The van der Waals surface area contributed by atoms with Gasteiger partial charge >= 0.3 is 6.09 Å². The van der Waals surface area contributed by atoms with Crippen LogP contribution in [0.1, 0.15) is 12.8 Å². The highest BCUT2D eigenvalue weighted by Crippen LogP contribution is 2.26. The van der Waals surface area contributed by atoms with Crippen LogP contribution in [0, 0.1) is 5.82 Å². The highest BCUT2D eigenvalue weighted by atomic mass is 19.1. The number of anilines is 2. The molecule has 0 aliphatic carbocycles. The zero-order chi connectivity index (χ0) is 15.4. The van der Waals surface area contributed by atoms with Crippen molar-refractivity contribution in [2.24, 2.45) is 0 Å². The lowest BCUT2D eigenvalue weighted by molar-refractivity contribution is 0.215. The Morgan fingerprint density at radius 2 is 1.82 bits per heavy atom. The van der Waals surface area contributed by atoms with Gasteiger partial charge in [0.1, 0.15) is 11.6 Å². The molecule has 1 fully saturated rings. The molecule has 0 radical (unpaired) electrons. The Kier molecular flexibility index (Phi) is 4.23. The van der Waals surface area contributed by atoms with E-state index in [0.717, 1.165) is 31.6 Å². The molecule has 5 heteroatoms. The molecule has 2 aromatic rings. The highest BCUT2D eigenvalue weighted by Gasteiger charge is 2.15. The van der Waals surface area contributed by atoms with Crippen molar-refractivity contribution in [3.05, 3.63) is 54.3 Å². The maximum Gasteiger partial charge on any atom is 0.417 e. The minimum atomic E-state index is -0.705. The number of para-hydroxylation sites is 1. The number of hydrogen-bond donors (Lipinski definition) is 1. The van der Waals surface area contributed by atoms with Gasteiger partial charge in [0, 0.05) is 18.8 Å². The number of carbonyl (C=O) groups is 1. The molecular formula is C17H17FN2O2. The van der Waals surface area contributed by atoms with Crippen LogP contribution in [-0.2, 0) is 0 Å². The van der Waals surface area contributed by atoms with E-state index in [0.29, 0.717) is 5.75 Å². The molecule has 1 N–H and O–H groups in total. The second-order valence-corrected chi connectivity index (χ2v) is 5.19. The van der Waals surface area contributed by atoms with Gasteiger partial charge in [-0.25, -0.2) is 9.18 Å². The van der Waals surface area contributed by atoms with Crippen molar-refractivity contribution in [2.75, 3.05) is 23.3 Å². The molecule has 1 amide bonds. The summed E-state index contributed by atoms with van der Waals surface area (Å²) in [6.07, 6.45) is 1.57. The lowest BCUT2D eigenvalue weighted by atomic mass is 10.2. The molecule has 1 aliphatic heterocycles. The first-order valence-electron chi connectivity index (χ1n) is 7.31. The first kappa shape index (κ1) is 14.4. The van der Waals surface area contributed by atoms with Crippen LogP contribution < -0.4 is 15.0 Å². The monoisotopic (exact) mass is 300 g/mol. The quantitative estimate of drug-likeness (QED) is 0.930. The SMILES string of the molecule is O=C(Nc1cc(N2CCCC2)ccc1F)Oc1ccccc1. The van der Waals surface area contributed by atoms with Gasteiger partial charge in [0.05, 0.1) is 5.69 Å². The van der Waals surface area contributed by atoms with Gasteiger partial charge in [-0.1, -0.05) is 18.2 Å². The Morgan fingerprint density at radius 1 is 1.09 bits per heavy atom. The van der Waals surface area contributed by atoms with Crippen LogP contribution in [0.2, 0.25) is 0 Å². The Bertz CT molecular complexity index is 655. The number of nitrogens with zero attached hydrogens (tertiary/aromatic N) is 1. The zero-order valence-corrected chi connectivity index (χ0v) is 12.1. The summed E-state index contributed by atoms with van der Waals surface area (Å²) in [6, 6.07) is 13.4. The van der Waals surface area contributed by atoms with Gasteiger partial charge < -0.3 is 9.64 Å². The Hall–Kier alpha value is -2.56. The third kappa shape index (κ3) is 3.36. The molecule has 114 valence electrons. The van der Waals surface area contributed by atoms with Crippen LogP contribution in [0.4, 0.5) is 20.6 Å². The Balaban J connectivity index is 1.71. The summed E-state index contributed by atoms with van der Waals surface area (Å²) in [7, 11) is 0. The molecule has 0 bridgehead atoms. The van der Waals surface area contributed by atoms with E-state index >= 15 is 0 Å². The standard InChI is InChI=1S/C17H17FN2O2/c18-15-9-8-13(20-10-4-5-11-20)12-16(15)19-17(21)22-14-6-2-1-3-7-14/h1-3,6-9,12H,4-5,10-11H2,(H,19,21). The molecule has 4 nitrogen and oxygen atoms in total. The smallest absolute Gasteiger partial charge is 0.410 e. The molecular weight excluding hydrogens is 283 g/mol. The van der Waals surface area contributed by atoms with Gasteiger partial charge in [-0.15, -0.1) is 0 Å². The molecule has 0 spiro atoms. The number of amides is 1. The van der Waals surface area contributed by atoms with Gasteiger partial charge in [0.15, 0.2) is 0 Å². The topological polar surface area (TPSA) is 41.6 Å². The first-order valence-corrected chi connectivity index (χ1v) is 7.31. The molecule has 0 atom stereocenters. The van der Waals surface area contributed by atoms with Crippen molar-refractivity contribution in [1.29, 1.82) is 0 Å². The van der Waals surface area contributed by atoms with Gasteiger partial charge in [0.25, 0.3) is 0 Å². The second kappa shape index (κ2) is 6.47. The van der Waals surface area contributed by atoms with Crippen LogP contribution in [0.3, 0.4) is 0 Å². The largest absolute Gasteiger partial charge is 0.417 e. The third-order valence-corrected chi connectivity index (χ3v) is 3.61. The van der Waals surface area contributed by atoms with Gasteiger partial charge in [0.2, 0.25) is 0 Å². The molecule has 1 heterocycles. The summed E-state index contributed by atoms with van der Waals surface area (Å²) in [6.45, 7) is 1.92. The van der Waals surface area contributed by atoms with E-state index in [9.17, 15) is 9.18 Å². The second-order valence-electron chi connectivity index (χ2n) is 5.19.